The summed E-state index contributed by atoms with van der Waals surface area (Å²) in [5.41, 5.74) is 1.07. The maximum atomic E-state index is 13.0. The predicted octanol–water partition coefficient (Wildman–Crippen LogP) is 4.51. The van der Waals surface area contributed by atoms with Crippen molar-refractivity contribution in [2.24, 2.45) is 5.92 Å². The van der Waals surface area contributed by atoms with Gasteiger partial charge in [0.1, 0.15) is 5.82 Å². The lowest BCUT2D eigenvalue weighted by molar-refractivity contribution is 0.0427. The average molecular weight is 266 g/mol. The molecular formula is C16H23FO2. The number of unbranched alkanes of at least 4 members (excludes halogenated alkanes) is 1. The van der Waals surface area contributed by atoms with Crippen LogP contribution in [-0.4, -0.2) is 12.6 Å². The van der Waals surface area contributed by atoms with Gasteiger partial charge in [-0.05, 0) is 43.0 Å². The van der Waals surface area contributed by atoms with Gasteiger partial charge >= 0.3 is 5.97 Å². The Morgan fingerprint density at radius 2 is 2.11 bits per heavy atom. The van der Waals surface area contributed by atoms with Gasteiger partial charge in [-0.15, -0.1) is 0 Å². The summed E-state index contributed by atoms with van der Waals surface area (Å²) in [5, 5.41) is 0. The average Bonchev–Trinajstić information content (AvgIpc) is 2.38. The molecule has 0 fully saturated rings. The fourth-order valence-corrected chi connectivity index (χ4v) is 2.03. The van der Waals surface area contributed by atoms with Crippen LogP contribution in [0.25, 0.3) is 0 Å². The maximum absolute atomic E-state index is 13.0. The van der Waals surface area contributed by atoms with Crippen molar-refractivity contribution in [3.8, 4) is 0 Å². The number of carbonyl (C=O) groups excluding carboxylic acids is 1. The van der Waals surface area contributed by atoms with Crippen molar-refractivity contribution >= 4 is 5.97 Å². The molecule has 0 saturated carbocycles. The summed E-state index contributed by atoms with van der Waals surface area (Å²) in [6.45, 7) is 6.43. The van der Waals surface area contributed by atoms with Crippen LogP contribution in [0, 0.1) is 18.7 Å². The molecule has 1 aromatic carbocycles. The fourth-order valence-electron chi connectivity index (χ4n) is 2.03. The van der Waals surface area contributed by atoms with Crippen molar-refractivity contribution in [3.05, 3.63) is 35.1 Å². The monoisotopic (exact) mass is 266 g/mol. The molecule has 0 aromatic heterocycles. The van der Waals surface area contributed by atoms with Gasteiger partial charge in [0.15, 0.2) is 0 Å². The molecule has 0 N–H and O–H groups in total. The highest BCUT2D eigenvalue weighted by molar-refractivity contribution is 5.90. The molecule has 106 valence electrons. The van der Waals surface area contributed by atoms with Gasteiger partial charge in [0.2, 0.25) is 0 Å². The zero-order valence-electron chi connectivity index (χ0n) is 12.0. The van der Waals surface area contributed by atoms with Crippen LogP contribution in [0.4, 0.5) is 4.39 Å². The van der Waals surface area contributed by atoms with Crippen LogP contribution >= 0.6 is 0 Å². The lowest BCUT2D eigenvalue weighted by Gasteiger charge is -2.15. The molecule has 0 spiro atoms. The van der Waals surface area contributed by atoms with Crippen LogP contribution in [0.5, 0.6) is 0 Å². The SMILES string of the molecule is CCCCC(CC)COC(=O)c1ccc(F)cc1C. The number of hydrogen-bond donors (Lipinski definition) is 0. The Balaban J connectivity index is 2.54. The Kier molecular flexibility index (Phi) is 6.54. The standard InChI is InChI=1S/C16H23FO2/c1-4-6-7-13(5-2)11-19-16(18)15-9-8-14(17)10-12(15)3/h8-10,13H,4-7,11H2,1-3H3. The molecule has 0 aliphatic carbocycles. The molecule has 0 amide bonds. The van der Waals surface area contributed by atoms with E-state index in [4.69, 9.17) is 4.74 Å². The minimum atomic E-state index is -0.354. The molecule has 1 unspecified atom stereocenters. The first-order valence-electron chi connectivity index (χ1n) is 7.01. The zero-order chi connectivity index (χ0) is 14.3. The highest BCUT2D eigenvalue weighted by atomic mass is 19.1. The van der Waals surface area contributed by atoms with Crippen LogP contribution in [0.3, 0.4) is 0 Å². The Morgan fingerprint density at radius 3 is 2.68 bits per heavy atom. The van der Waals surface area contributed by atoms with Gasteiger partial charge in [-0.25, -0.2) is 9.18 Å². The third-order valence-electron chi connectivity index (χ3n) is 3.40. The number of benzene rings is 1. The number of carbonyl (C=O) groups is 1. The number of esters is 1. The zero-order valence-corrected chi connectivity index (χ0v) is 12.0. The number of aryl methyl sites for hydroxylation is 1. The van der Waals surface area contributed by atoms with Crippen LogP contribution < -0.4 is 0 Å². The van der Waals surface area contributed by atoms with E-state index >= 15 is 0 Å². The van der Waals surface area contributed by atoms with E-state index < -0.39 is 0 Å². The van der Waals surface area contributed by atoms with Gasteiger partial charge in [0, 0.05) is 0 Å². The summed E-state index contributed by atoms with van der Waals surface area (Å²) in [5.74, 6) is -0.263. The number of hydrogen-bond acceptors (Lipinski definition) is 2. The van der Waals surface area contributed by atoms with Crippen LogP contribution in [0.2, 0.25) is 0 Å². The van der Waals surface area contributed by atoms with E-state index in [0.29, 0.717) is 23.7 Å². The molecule has 0 bridgehead atoms. The van der Waals surface area contributed by atoms with E-state index in [2.05, 4.69) is 13.8 Å². The first-order chi connectivity index (χ1) is 9.08. The minimum absolute atomic E-state index is 0.330. The molecule has 2 nitrogen and oxygen atoms in total. The van der Waals surface area contributed by atoms with Gasteiger partial charge in [0.25, 0.3) is 0 Å². The molecule has 0 heterocycles. The van der Waals surface area contributed by atoms with Gasteiger partial charge in [0.05, 0.1) is 12.2 Å². The van der Waals surface area contributed by atoms with Gasteiger partial charge < -0.3 is 4.74 Å². The Bertz CT molecular complexity index is 415. The second-order valence-corrected chi connectivity index (χ2v) is 4.97. The molecule has 1 rings (SSSR count). The topological polar surface area (TPSA) is 26.3 Å². The Labute approximate surface area is 115 Å². The van der Waals surface area contributed by atoms with E-state index in [1.165, 1.54) is 18.2 Å². The van der Waals surface area contributed by atoms with Crippen LogP contribution in [0.1, 0.15) is 55.5 Å². The fraction of sp³-hybridized carbons (Fsp3) is 0.562. The summed E-state index contributed by atoms with van der Waals surface area (Å²) < 4.78 is 18.3. The maximum Gasteiger partial charge on any atom is 0.338 e. The highest BCUT2D eigenvalue weighted by Gasteiger charge is 2.14. The van der Waals surface area contributed by atoms with E-state index in [-0.39, 0.29) is 11.8 Å². The van der Waals surface area contributed by atoms with Crippen molar-refractivity contribution in [2.75, 3.05) is 6.61 Å². The molecule has 0 saturated heterocycles. The minimum Gasteiger partial charge on any atom is -0.462 e. The van der Waals surface area contributed by atoms with Crippen molar-refractivity contribution in [3.63, 3.8) is 0 Å². The molecular weight excluding hydrogens is 243 g/mol. The van der Waals surface area contributed by atoms with E-state index in [9.17, 15) is 9.18 Å². The van der Waals surface area contributed by atoms with E-state index in [1.807, 2.05) is 0 Å². The molecule has 0 aliphatic heterocycles. The van der Waals surface area contributed by atoms with Crippen LogP contribution in [-0.2, 0) is 4.74 Å². The molecule has 1 atom stereocenters. The lowest BCUT2D eigenvalue weighted by Crippen LogP contribution is -2.15. The summed E-state index contributed by atoms with van der Waals surface area (Å²) >= 11 is 0. The van der Waals surface area contributed by atoms with Gasteiger partial charge in [-0.3, -0.25) is 0 Å². The van der Waals surface area contributed by atoms with E-state index in [0.717, 1.165) is 25.7 Å². The molecule has 0 aliphatic rings. The molecule has 0 radical (unpaired) electrons. The summed E-state index contributed by atoms with van der Waals surface area (Å²) in [7, 11) is 0. The molecule has 3 heteroatoms. The van der Waals surface area contributed by atoms with Crippen molar-refractivity contribution in [2.45, 2.75) is 46.5 Å². The van der Waals surface area contributed by atoms with E-state index in [1.54, 1.807) is 6.92 Å². The number of halogens is 1. The van der Waals surface area contributed by atoms with Gasteiger partial charge in [-0.2, -0.15) is 0 Å². The van der Waals surface area contributed by atoms with Crippen LogP contribution in [0.15, 0.2) is 18.2 Å². The first kappa shape index (κ1) is 15.7. The largest absolute Gasteiger partial charge is 0.462 e. The summed E-state index contributed by atoms with van der Waals surface area (Å²) in [6, 6.07) is 4.13. The third kappa shape index (κ3) is 5.01. The molecule has 19 heavy (non-hydrogen) atoms. The summed E-state index contributed by atoms with van der Waals surface area (Å²) in [6.07, 6.45) is 4.41. The number of rotatable bonds is 7. The van der Waals surface area contributed by atoms with Crippen molar-refractivity contribution < 1.29 is 13.9 Å². The third-order valence-corrected chi connectivity index (χ3v) is 3.40. The van der Waals surface area contributed by atoms with Crippen molar-refractivity contribution in [1.29, 1.82) is 0 Å². The van der Waals surface area contributed by atoms with Gasteiger partial charge in [-0.1, -0.05) is 33.1 Å². The highest BCUT2D eigenvalue weighted by Crippen LogP contribution is 2.16. The Morgan fingerprint density at radius 1 is 1.37 bits per heavy atom. The summed E-state index contributed by atoms with van der Waals surface area (Å²) in [4.78, 5) is 11.9. The predicted molar refractivity (Wildman–Crippen MR) is 74.7 cm³/mol. The normalized spacial score (nSPS) is 12.2. The lowest BCUT2D eigenvalue weighted by atomic mass is 10.0. The Hall–Kier alpha value is -1.38. The second kappa shape index (κ2) is 7.93. The second-order valence-electron chi connectivity index (χ2n) is 4.97. The number of ether oxygens (including phenoxy) is 1. The molecule has 1 aromatic rings. The van der Waals surface area contributed by atoms with Crippen molar-refractivity contribution in [1.82, 2.24) is 0 Å². The quantitative estimate of drug-likeness (QED) is 0.679. The first-order valence-corrected chi connectivity index (χ1v) is 7.01. The smallest absolute Gasteiger partial charge is 0.338 e.